The number of methoxy groups -OCH3 is 1. The van der Waals surface area contributed by atoms with Gasteiger partial charge in [-0.25, -0.2) is 0 Å². The third kappa shape index (κ3) is 2.28. The van der Waals surface area contributed by atoms with Gasteiger partial charge in [0.2, 0.25) is 0 Å². The van der Waals surface area contributed by atoms with Gasteiger partial charge in [0.25, 0.3) is 0 Å². The molecule has 0 aromatic rings. The number of oxime groups is 1. The van der Waals surface area contributed by atoms with Gasteiger partial charge in [-0.15, -0.1) is 0 Å². The first-order chi connectivity index (χ1) is 7.17. The Labute approximate surface area is 89.4 Å². The van der Waals surface area contributed by atoms with E-state index in [1.165, 1.54) is 14.2 Å². The molecular weight excluding hydrogens is 198 g/mol. The lowest BCUT2D eigenvalue weighted by atomic mass is 9.76. The van der Waals surface area contributed by atoms with Gasteiger partial charge in [0.15, 0.2) is 0 Å². The zero-order valence-electron chi connectivity index (χ0n) is 9.41. The summed E-state index contributed by atoms with van der Waals surface area (Å²) in [6.45, 7) is 2.88. The molecule has 1 aliphatic rings. The van der Waals surface area contributed by atoms with Crippen LogP contribution in [0.4, 0.5) is 0 Å². The molecule has 1 rings (SSSR count). The van der Waals surface area contributed by atoms with Crippen molar-refractivity contribution in [2.45, 2.75) is 19.8 Å². The van der Waals surface area contributed by atoms with Gasteiger partial charge in [-0.2, -0.15) is 0 Å². The summed E-state index contributed by atoms with van der Waals surface area (Å²) in [5, 5.41) is 3.85. The van der Waals surface area contributed by atoms with Gasteiger partial charge in [0.05, 0.1) is 12.8 Å². The highest BCUT2D eigenvalue weighted by Crippen LogP contribution is 2.33. The van der Waals surface area contributed by atoms with Crippen molar-refractivity contribution in [3.8, 4) is 0 Å². The number of carbonyl (C=O) groups is 1. The number of rotatable bonds is 3. The minimum atomic E-state index is -0.664. The predicted molar refractivity (Wildman–Crippen MR) is 54.6 cm³/mol. The summed E-state index contributed by atoms with van der Waals surface area (Å²) in [4.78, 5) is 16.5. The monoisotopic (exact) mass is 215 g/mol. The van der Waals surface area contributed by atoms with Gasteiger partial charge in [0, 0.05) is 13.2 Å². The lowest BCUT2D eigenvalue weighted by molar-refractivity contribution is -0.152. The predicted octanol–water partition coefficient (Wildman–Crippen LogP) is 0.979. The lowest BCUT2D eigenvalue weighted by Gasteiger charge is -2.33. The average molecular weight is 215 g/mol. The summed E-state index contributed by atoms with van der Waals surface area (Å²) >= 11 is 0. The number of ether oxygens (including phenoxy) is 2. The second kappa shape index (κ2) is 5.11. The molecule has 0 aromatic heterocycles. The maximum atomic E-state index is 11.8. The van der Waals surface area contributed by atoms with Crippen molar-refractivity contribution >= 4 is 11.7 Å². The first-order valence-corrected chi connectivity index (χ1v) is 4.92. The molecule has 0 bridgehead atoms. The first kappa shape index (κ1) is 12.0. The normalized spacial score (nSPS) is 20.9. The van der Waals surface area contributed by atoms with E-state index in [9.17, 15) is 4.79 Å². The highest BCUT2D eigenvalue weighted by Gasteiger charge is 2.44. The smallest absolute Gasteiger partial charge is 0.317 e. The largest absolute Gasteiger partial charge is 0.468 e. The van der Waals surface area contributed by atoms with Gasteiger partial charge in [-0.3, -0.25) is 4.79 Å². The van der Waals surface area contributed by atoms with Crippen LogP contribution in [-0.2, 0) is 19.1 Å². The molecule has 0 aliphatic carbocycles. The lowest BCUT2D eigenvalue weighted by Crippen LogP contribution is -2.43. The third-order valence-corrected chi connectivity index (χ3v) is 2.84. The number of hydrogen-bond donors (Lipinski definition) is 0. The van der Waals surface area contributed by atoms with E-state index in [0.29, 0.717) is 31.8 Å². The van der Waals surface area contributed by atoms with E-state index in [4.69, 9.17) is 14.3 Å². The van der Waals surface area contributed by atoms with Gasteiger partial charge in [-0.05, 0) is 19.8 Å². The van der Waals surface area contributed by atoms with Crippen LogP contribution >= 0.6 is 0 Å². The van der Waals surface area contributed by atoms with Crippen LogP contribution in [0.3, 0.4) is 0 Å². The maximum Gasteiger partial charge on any atom is 0.317 e. The molecule has 1 heterocycles. The minimum absolute atomic E-state index is 0.260. The molecule has 0 saturated carbocycles. The quantitative estimate of drug-likeness (QED) is 0.400. The third-order valence-electron chi connectivity index (χ3n) is 2.84. The van der Waals surface area contributed by atoms with Crippen molar-refractivity contribution in [1.82, 2.24) is 0 Å². The molecule has 0 amide bonds. The molecule has 5 nitrogen and oxygen atoms in total. The fraction of sp³-hybridized carbons (Fsp3) is 0.800. The van der Waals surface area contributed by atoms with Crippen molar-refractivity contribution in [3.63, 3.8) is 0 Å². The summed E-state index contributed by atoms with van der Waals surface area (Å²) < 4.78 is 10.1. The summed E-state index contributed by atoms with van der Waals surface area (Å²) in [7, 11) is 2.85. The summed E-state index contributed by atoms with van der Waals surface area (Å²) in [5.41, 5.74) is -0.0108. The second-order valence-electron chi connectivity index (χ2n) is 3.55. The van der Waals surface area contributed by atoms with E-state index in [0.717, 1.165) is 0 Å². The van der Waals surface area contributed by atoms with Gasteiger partial charge >= 0.3 is 5.97 Å². The van der Waals surface area contributed by atoms with Crippen LogP contribution in [0, 0.1) is 5.41 Å². The van der Waals surface area contributed by atoms with Gasteiger partial charge in [0.1, 0.15) is 12.5 Å². The Kier molecular flexibility index (Phi) is 4.08. The molecule has 1 saturated heterocycles. The second-order valence-corrected chi connectivity index (χ2v) is 3.55. The molecule has 1 fully saturated rings. The van der Waals surface area contributed by atoms with Crippen LogP contribution in [0.25, 0.3) is 0 Å². The van der Waals surface area contributed by atoms with Crippen LogP contribution in [0.1, 0.15) is 19.8 Å². The zero-order valence-corrected chi connectivity index (χ0v) is 9.41. The first-order valence-electron chi connectivity index (χ1n) is 4.92. The van der Waals surface area contributed by atoms with E-state index in [2.05, 4.69) is 5.16 Å². The minimum Gasteiger partial charge on any atom is -0.468 e. The Morgan fingerprint density at radius 2 is 1.93 bits per heavy atom. The molecule has 0 N–H and O–H groups in total. The fourth-order valence-corrected chi connectivity index (χ4v) is 1.85. The van der Waals surface area contributed by atoms with Gasteiger partial charge < -0.3 is 14.3 Å². The Morgan fingerprint density at radius 3 is 2.40 bits per heavy atom. The van der Waals surface area contributed by atoms with E-state index in [1.54, 1.807) is 6.92 Å². The molecule has 86 valence electrons. The van der Waals surface area contributed by atoms with Gasteiger partial charge in [-0.1, -0.05) is 5.16 Å². The Balaban J connectivity index is 2.94. The van der Waals surface area contributed by atoms with E-state index in [1.807, 2.05) is 0 Å². The number of carbonyl (C=O) groups excluding carboxylic acids is 1. The Morgan fingerprint density at radius 1 is 1.33 bits per heavy atom. The molecule has 0 spiro atoms. The number of hydrogen-bond acceptors (Lipinski definition) is 5. The molecule has 0 unspecified atom stereocenters. The van der Waals surface area contributed by atoms with Crippen molar-refractivity contribution in [3.05, 3.63) is 0 Å². The summed E-state index contributed by atoms with van der Waals surface area (Å²) in [6.07, 6.45) is 1.19. The van der Waals surface area contributed by atoms with Crippen LogP contribution in [0.5, 0.6) is 0 Å². The highest BCUT2D eigenvalue weighted by atomic mass is 16.6. The molecule has 1 aliphatic heterocycles. The van der Waals surface area contributed by atoms with Crippen molar-refractivity contribution in [1.29, 1.82) is 0 Å². The van der Waals surface area contributed by atoms with Crippen molar-refractivity contribution in [2.24, 2.45) is 10.6 Å². The van der Waals surface area contributed by atoms with Crippen molar-refractivity contribution < 1.29 is 19.1 Å². The molecule has 5 heteroatoms. The topological polar surface area (TPSA) is 57.1 Å². The van der Waals surface area contributed by atoms with Crippen LogP contribution < -0.4 is 0 Å². The van der Waals surface area contributed by atoms with E-state index in [-0.39, 0.29) is 5.97 Å². The fourth-order valence-electron chi connectivity index (χ4n) is 1.85. The van der Waals surface area contributed by atoms with Crippen molar-refractivity contribution in [2.75, 3.05) is 27.4 Å². The summed E-state index contributed by atoms with van der Waals surface area (Å²) in [6, 6.07) is 0. The van der Waals surface area contributed by atoms with Crippen LogP contribution in [0.2, 0.25) is 0 Å². The van der Waals surface area contributed by atoms with Crippen LogP contribution in [-0.4, -0.2) is 39.1 Å². The van der Waals surface area contributed by atoms with E-state index >= 15 is 0 Å². The average Bonchev–Trinajstić information content (AvgIpc) is 2.29. The maximum absolute atomic E-state index is 11.8. The number of esters is 1. The SMILES string of the molecule is CON=C(C)C1(C(=O)OC)CCOCC1. The standard InChI is InChI=1S/C10H17NO4/c1-8(11-14-3)10(9(12)13-2)4-6-15-7-5-10/h4-7H2,1-3H3. The molecule has 0 aromatic carbocycles. The number of nitrogens with zero attached hydrogens (tertiary/aromatic N) is 1. The zero-order chi connectivity index (χ0) is 11.3. The Bertz CT molecular complexity index is 256. The molecule has 0 atom stereocenters. The molecule has 0 radical (unpaired) electrons. The molecule has 15 heavy (non-hydrogen) atoms. The Hall–Kier alpha value is -1.10. The van der Waals surface area contributed by atoms with E-state index < -0.39 is 5.41 Å². The molecular formula is C10H17NO4. The highest BCUT2D eigenvalue weighted by molar-refractivity contribution is 6.05. The summed E-state index contributed by atoms with van der Waals surface area (Å²) in [5.74, 6) is -0.260. The van der Waals surface area contributed by atoms with Crippen LogP contribution in [0.15, 0.2) is 5.16 Å².